The van der Waals surface area contributed by atoms with E-state index in [2.05, 4.69) is 45.5 Å². The summed E-state index contributed by atoms with van der Waals surface area (Å²) in [6, 6.07) is 11.7. The van der Waals surface area contributed by atoms with Crippen LogP contribution in [0, 0.1) is 5.92 Å². The zero-order chi connectivity index (χ0) is 16.8. The van der Waals surface area contributed by atoms with Crippen molar-refractivity contribution < 1.29 is 9.90 Å². The zero-order valence-electron chi connectivity index (χ0n) is 12.7. The topological polar surface area (TPSA) is 49.3 Å². The molecule has 0 unspecified atom stereocenters. The molecule has 2 aromatic rings. The van der Waals surface area contributed by atoms with Gasteiger partial charge in [0, 0.05) is 10.4 Å². The molecule has 0 saturated carbocycles. The Labute approximate surface area is 153 Å². The van der Waals surface area contributed by atoms with Gasteiger partial charge >= 0.3 is 5.97 Å². The minimum absolute atomic E-state index is 0.142. The Morgan fingerprint density at radius 2 is 2.12 bits per heavy atom. The van der Waals surface area contributed by atoms with E-state index in [1.54, 1.807) is 6.07 Å². The van der Waals surface area contributed by atoms with Gasteiger partial charge in [-0.05, 0) is 47.7 Å². The fourth-order valence-corrected chi connectivity index (χ4v) is 4.51. The molecule has 0 spiro atoms. The van der Waals surface area contributed by atoms with Gasteiger partial charge < -0.3 is 10.4 Å². The second kappa shape index (κ2) is 5.94. The predicted octanol–water partition coefficient (Wildman–Crippen LogP) is 5.63. The number of nitrogens with one attached hydrogen (secondary N) is 1. The number of carboxylic acid groups (broad SMARTS) is 1. The van der Waals surface area contributed by atoms with Crippen LogP contribution in [0.2, 0.25) is 5.02 Å². The molecule has 0 amide bonds. The van der Waals surface area contributed by atoms with Gasteiger partial charge in [0.2, 0.25) is 0 Å². The van der Waals surface area contributed by atoms with Crippen LogP contribution in [-0.4, -0.2) is 11.1 Å². The lowest BCUT2D eigenvalue weighted by molar-refractivity contribution is 0.0696. The highest BCUT2D eigenvalue weighted by Gasteiger charge is 2.39. The highest BCUT2D eigenvalue weighted by molar-refractivity contribution is 9.10. The molecule has 4 rings (SSSR count). The molecule has 0 radical (unpaired) electrons. The maximum absolute atomic E-state index is 11.4. The van der Waals surface area contributed by atoms with E-state index in [1.807, 2.05) is 12.1 Å². The van der Waals surface area contributed by atoms with Crippen LogP contribution in [0.5, 0.6) is 0 Å². The van der Waals surface area contributed by atoms with Crippen molar-refractivity contribution in [3.63, 3.8) is 0 Å². The van der Waals surface area contributed by atoms with E-state index in [4.69, 9.17) is 11.6 Å². The normalized spacial score (nSPS) is 24.2. The Kier molecular flexibility index (Phi) is 3.89. The Morgan fingerprint density at radius 1 is 1.29 bits per heavy atom. The number of hydrogen-bond donors (Lipinski definition) is 2. The summed E-state index contributed by atoms with van der Waals surface area (Å²) >= 11 is 9.94. The first kappa shape index (κ1) is 15.7. The van der Waals surface area contributed by atoms with Gasteiger partial charge in [0.05, 0.1) is 22.3 Å². The molecule has 24 heavy (non-hydrogen) atoms. The summed E-state index contributed by atoms with van der Waals surface area (Å²) in [7, 11) is 0. The Morgan fingerprint density at radius 3 is 2.88 bits per heavy atom. The lowest BCUT2D eigenvalue weighted by Crippen LogP contribution is -2.29. The summed E-state index contributed by atoms with van der Waals surface area (Å²) in [5.74, 6) is -0.415. The van der Waals surface area contributed by atoms with Crippen molar-refractivity contribution in [1.29, 1.82) is 0 Å². The largest absolute Gasteiger partial charge is 0.478 e. The van der Waals surface area contributed by atoms with Gasteiger partial charge in [-0.2, -0.15) is 0 Å². The van der Waals surface area contributed by atoms with Gasteiger partial charge in [0.25, 0.3) is 0 Å². The number of halogens is 2. The third-order valence-corrected chi connectivity index (χ3v) is 5.67. The van der Waals surface area contributed by atoms with Crippen molar-refractivity contribution in [2.45, 2.75) is 18.4 Å². The molecule has 2 aliphatic rings. The maximum Gasteiger partial charge on any atom is 0.335 e. The lowest BCUT2D eigenvalue weighted by atomic mass is 9.76. The summed E-state index contributed by atoms with van der Waals surface area (Å²) < 4.78 is 1.04. The van der Waals surface area contributed by atoms with Gasteiger partial charge in [-0.3, -0.25) is 0 Å². The Bertz CT molecular complexity index is 864. The van der Waals surface area contributed by atoms with Crippen molar-refractivity contribution >= 4 is 39.2 Å². The highest BCUT2D eigenvalue weighted by Crippen LogP contribution is 2.51. The van der Waals surface area contributed by atoms with Gasteiger partial charge in [-0.25, -0.2) is 4.79 Å². The number of carboxylic acids is 1. The van der Waals surface area contributed by atoms with Crippen LogP contribution in [0.1, 0.15) is 39.9 Å². The lowest BCUT2D eigenvalue weighted by Gasteiger charge is -2.38. The van der Waals surface area contributed by atoms with E-state index in [9.17, 15) is 9.90 Å². The van der Waals surface area contributed by atoms with Crippen LogP contribution in [0.25, 0.3) is 0 Å². The van der Waals surface area contributed by atoms with E-state index in [1.165, 1.54) is 11.6 Å². The molecule has 3 atom stereocenters. The molecule has 122 valence electrons. The van der Waals surface area contributed by atoms with Crippen LogP contribution in [-0.2, 0) is 0 Å². The summed E-state index contributed by atoms with van der Waals surface area (Å²) in [6.45, 7) is 0. The molecule has 2 aromatic carbocycles. The van der Waals surface area contributed by atoms with Crippen LogP contribution in [0.3, 0.4) is 0 Å². The second-order valence-corrected chi connectivity index (χ2v) is 7.58. The first-order valence-electron chi connectivity index (χ1n) is 7.80. The zero-order valence-corrected chi connectivity index (χ0v) is 15.0. The molecular formula is C19H15BrClNO2. The molecule has 1 aliphatic carbocycles. The molecule has 2 N–H and O–H groups in total. The molecule has 1 heterocycles. The summed E-state index contributed by atoms with van der Waals surface area (Å²) in [5.41, 5.74) is 3.26. The minimum atomic E-state index is -0.952. The standard InChI is InChI=1S/C19H15BrClNO2/c20-12-4-1-3-10(7-12)17-14-6-2-5-13(14)15-8-11(19(23)24)9-16(21)18(15)22-17/h1-5,7-9,13-14,17,22H,6H2,(H,23,24)/t13-,14+,17+/m1/s1. The van der Waals surface area contributed by atoms with Crippen LogP contribution < -0.4 is 5.32 Å². The first-order valence-corrected chi connectivity index (χ1v) is 8.97. The third-order valence-electron chi connectivity index (χ3n) is 4.88. The average molecular weight is 405 g/mol. The number of benzene rings is 2. The molecule has 3 nitrogen and oxygen atoms in total. The number of rotatable bonds is 2. The van der Waals surface area contributed by atoms with Crippen LogP contribution in [0.4, 0.5) is 5.69 Å². The summed E-state index contributed by atoms with van der Waals surface area (Å²) in [5, 5.41) is 13.3. The molecular weight excluding hydrogens is 390 g/mol. The number of allylic oxidation sites excluding steroid dienone is 2. The van der Waals surface area contributed by atoms with Crippen LogP contribution >= 0.6 is 27.5 Å². The van der Waals surface area contributed by atoms with E-state index in [0.717, 1.165) is 22.1 Å². The van der Waals surface area contributed by atoms with Gasteiger partial charge in [0.1, 0.15) is 0 Å². The SMILES string of the molecule is O=C(O)c1cc(Cl)c2c(c1)[C@@H]1C=CC[C@@H]1[C@H](c1cccc(Br)c1)N2. The van der Waals surface area contributed by atoms with Crippen molar-refractivity contribution in [3.05, 3.63) is 74.7 Å². The van der Waals surface area contributed by atoms with Crippen molar-refractivity contribution in [3.8, 4) is 0 Å². The third kappa shape index (κ3) is 2.54. The average Bonchev–Trinajstić information content (AvgIpc) is 3.04. The van der Waals surface area contributed by atoms with Crippen molar-refractivity contribution in [1.82, 2.24) is 0 Å². The maximum atomic E-state index is 11.4. The Balaban J connectivity index is 1.83. The number of carbonyl (C=O) groups is 1. The number of aromatic carboxylic acids is 1. The first-order chi connectivity index (χ1) is 11.5. The monoisotopic (exact) mass is 403 g/mol. The van der Waals surface area contributed by atoms with Gasteiger partial charge in [0.15, 0.2) is 0 Å². The number of anilines is 1. The molecule has 0 aromatic heterocycles. The summed E-state index contributed by atoms with van der Waals surface area (Å²) in [4.78, 5) is 11.4. The fraction of sp³-hybridized carbons (Fsp3) is 0.211. The predicted molar refractivity (Wildman–Crippen MR) is 98.9 cm³/mol. The quantitative estimate of drug-likeness (QED) is 0.638. The van der Waals surface area contributed by atoms with E-state index in [0.29, 0.717) is 10.9 Å². The molecule has 5 heteroatoms. The summed E-state index contributed by atoms with van der Waals surface area (Å²) in [6.07, 6.45) is 5.32. The fourth-order valence-electron chi connectivity index (χ4n) is 3.81. The minimum Gasteiger partial charge on any atom is -0.478 e. The van der Waals surface area contributed by atoms with Gasteiger partial charge in [-0.15, -0.1) is 0 Å². The van der Waals surface area contributed by atoms with E-state index >= 15 is 0 Å². The molecule has 0 saturated heterocycles. The number of fused-ring (bicyclic) bond motifs is 3. The van der Waals surface area contributed by atoms with Gasteiger partial charge in [-0.1, -0.05) is 51.8 Å². The highest BCUT2D eigenvalue weighted by atomic mass is 79.9. The molecule has 1 aliphatic heterocycles. The van der Waals surface area contributed by atoms with E-state index < -0.39 is 5.97 Å². The molecule has 0 fully saturated rings. The second-order valence-electron chi connectivity index (χ2n) is 6.26. The molecule has 0 bridgehead atoms. The Hall–Kier alpha value is -1.78. The van der Waals surface area contributed by atoms with Crippen molar-refractivity contribution in [2.75, 3.05) is 5.32 Å². The van der Waals surface area contributed by atoms with Crippen molar-refractivity contribution in [2.24, 2.45) is 5.92 Å². The number of hydrogen-bond acceptors (Lipinski definition) is 2. The smallest absolute Gasteiger partial charge is 0.335 e. The van der Waals surface area contributed by atoms with E-state index in [-0.39, 0.29) is 17.5 Å². The van der Waals surface area contributed by atoms with Crippen LogP contribution in [0.15, 0.2) is 53.0 Å².